The quantitative estimate of drug-likeness (QED) is 0.166. The van der Waals surface area contributed by atoms with Gasteiger partial charge in [-0.1, -0.05) is 38.4 Å². The molecule has 0 saturated carbocycles. The van der Waals surface area contributed by atoms with Crippen LogP contribution in [0, 0.1) is 5.92 Å². The number of pyridine rings is 3. The number of likely N-dealkylation sites (tertiary alicyclic amines) is 1. The normalized spacial score (nSPS) is 17.0. The maximum absolute atomic E-state index is 13.0. The van der Waals surface area contributed by atoms with Gasteiger partial charge in [0.1, 0.15) is 26.2 Å². The molecule has 9 nitrogen and oxygen atoms in total. The Morgan fingerprint density at radius 3 is 2.54 bits per heavy atom. The summed E-state index contributed by atoms with van der Waals surface area (Å²) < 4.78 is 9.08. The van der Waals surface area contributed by atoms with Crippen LogP contribution >= 0.6 is 39.5 Å². The van der Waals surface area contributed by atoms with E-state index in [0.29, 0.717) is 27.9 Å². The summed E-state index contributed by atoms with van der Waals surface area (Å²) in [4.78, 5) is 41.3. The standard InChI is InChI=1S/C34H44BrClN6O3S/c1-32(2,3)22-16-17-37-25(18-22)24(14-12-21-19-34(7,8)42(20-21)31(44)45-33(4,5)6)38-27-10-9-11-28(40-27)46-41-30(43)23-13-15-26(35)39-29(23)36/h9-11,13,15-18,21,24H,12,14,19-20H2,1-8H3,(H,38,40)(H,41,43). The van der Waals surface area contributed by atoms with Gasteiger partial charge in [0.05, 0.1) is 17.3 Å². The average Bonchev–Trinajstić information content (AvgIpc) is 3.27. The zero-order valence-electron chi connectivity index (χ0n) is 27.8. The van der Waals surface area contributed by atoms with Gasteiger partial charge in [0.25, 0.3) is 5.91 Å². The van der Waals surface area contributed by atoms with Crippen molar-refractivity contribution < 1.29 is 14.3 Å². The van der Waals surface area contributed by atoms with Crippen LogP contribution in [0.15, 0.2) is 58.3 Å². The summed E-state index contributed by atoms with van der Waals surface area (Å²) in [5.41, 5.74) is 1.52. The maximum Gasteiger partial charge on any atom is 0.410 e. The number of anilines is 1. The molecule has 12 heteroatoms. The Hall–Kier alpha value is -2.89. The van der Waals surface area contributed by atoms with Gasteiger partial charge >= 0.3 is 6.09 Å². The Labute approximate surface area is 290 Å². The highest BCUT2D eigenvalue weighted by Crippen LogP contribution is 2.38. The van der Waals surface area contributed by atoms with Gasteiger partial charge in [-0.3, -0.25) is 14.5 Å². The Bertz CT molecular complexity index is 1560. The van der Waals surface area contributed by atoms with E-state index >= 15 is 0 Å². The Balaban J connectivity index is 1.50. The van der Waals surface area contributed by atoms with Crippen LogP contribution in [-0.2, 0) is 10.2 Å². The van der Waals surface area contributed by atoms with Crippen LogP contribution in [-0.4, -0.2) is 49.5 Å². The molecule has 4 rings (SSSR count). The smallest absolute Gasteiger partial charge is 0.410 e. The first-order valence-corrected chi connectivity index (χ1v) is 17.4. The van der Waals surface area contributed by atoms with Crippen LogP contribution in [0.3, 0.4) is 0 Å². The van der Waals surface area contributed by atoms with Crippen molar-refractivity contribution in [1.29, 1.82) is 0 Å². The van der Waals surface area contributed by atoms with E-state index in [1.165, 1.54) is 5.56 Å². The Kier molecular flexibility index (Phi) is 11.3. The lowest BCUT2D eigenvalue weighted by atomic mass is 9.86. The molecule has 0 spiro atoms. The van der Waals surface area contributed by atoms with E-state index in [2.05, 4.69) is 77.7 Å². The van der Waals surface area contributed by atoms with Gasteiger partial charge in [-0.15, -0.1) is 0 Å². The lowest BCUT2D eigenvalue weighted by molar-refractivity contribution is 0.0130. The molecule has 248 valence electrons. The largest absolute Gasteiger partial charge is 0.444 e. The summed E-state index contributed by atoms with van der Waals surface area (Å²) in [7, 11) is 0. The number of rotatable bonds is 9. The van der Waals surface area contributed by atoms with Crippen LogP contribution in [0.1, 0.15) is 102 Å². The minimum absolute atomic E-state index is 0.0358. The molecule has 0 aromatic carbocycles. The molecular weight excluding hydrogens is 688 g/mol. The van der Waals surface area contributed by atoms with E-state index in [-0.39, 0.29) is 39.7 Å². The third-order valence-electron chi connectivity index (χ3n) is 7.79. The third-order valence-corrected chi connectivity index (χ3v) is 9.25. The van der Waals surface area contributed by atoms with Gasteiger partial charge in [0.15, 0.2) is 0 Å². The van der Waals surface area contributed by atoms with Gasteiger partial charge in [-0.25, -0.2) is 14.8 Å². The van der Waals surface area contributed by atoms with Crippen LogP contribution in [0.25, 0.3) is 0 Å². The lowest BCUT2D eigenvalue weighted by Crippen LogP contribution is -2.45. The summed E-state index contributed by atoms with van der Waals surface area (Å²) in [6.07, 6.45) is 4.16. The number of aromatic nitrogens is 3. The van der Waals surface area contributed by atoms with Crippen LogP contribution in [0.5, 0.6) is 0 Å². The van der Waals surface area contributed by atoms with E-state index in [9.17, 15) is 9.59 Å². The number of carbonyl (C=O) groups excluding carboxylic acids is 2. The maximum atomic E-state index is 13.0. The van der Waals surface area contributed by atoms with E-state index < -0.39 is 5.60 Å². The van der Waals surface area contributed by atoms with Crippen molar-refractivity contribution in [3.05, 3.63) is 75.2 Å². The highest BCUT2D eigenvalue weighted by Gasteiger charge is 2.43. The number of ether oxygens (including phenoxy) is 1. The molecule has 46 heavy (non-hydrogen) atoms. The number of hydrogen-bond acceptors (Lipinski definition) is 8. The second kappa shape index (κ2) is 14.5. The highest BCUT2D eigenvalue weighted by atomic mass is 79.9. The Morgan fingerprint density at radius 1 is 1.13 bits per heavy atom. The first kappa shape index (κ1) is 36.0. The van der Waals surface area contributed by atoms with Crippen LogP contribution < -0.4 is 10.0 Å². The number of nitrogens with zero attached hydrogens (tertiary/aromatic N) is 4. The van der Waals surface area contributed by atoms with Gasteiger partial charge in [0, 0.05) is 30.2 Å². The fraction of sp³-hybridized carbons (Fsp3) is 0.500. The minimum atomic E-state index is -0.546. The molecular formula is C34H44BrClN6O3S. The van der Waals surface area contributed by atoms with Crippen molar-refractivity contribution in [1.82, 2.24) is 24.6 Å². The molecule has 1 aliphatic heterocycles. The molecule has 0 radical (unpaired) electrons. The van der Waals surface area contributed by atoms with Gasteiger partial charge < -0.3 is 15.0 Å². The van der Waals surface area contributed by atoms with Gasteiger partial charge in [-0.05, 0) is 123 Å². The van der Waals surface area contributed by atoms with Crippen molar-refractivity contribution in [2.24, 2.45) is 5.92 Å². The molecule has 1 saturated heterocycles. The molecule has 0 bridgehead atoms. The number of carbonyl (C=O) groups is 2. The summed E-state index contributed by atoms with van der Waals surface area (Å²) in [6, 6.07) is 13.0. The first-order chi connectivity index (χ1) is 21.4. The van der Waals surface area contributed by atoms with Crippen molar-refractivity contribution in [3.63, 3.8) is 0 Å². The predicted molar refractivity (Wildman–Crippen MR) is 188 cm³/mol. The second-order valence-corrected chi connectivity index (χ2v) is 16.3. The SMILES string of the molecule is CC(C)(C)OC(=O)N1CC(CCC(Nc2cccc(SNC(=O)c3ccc(Br)nc3Cl)n2)c2cc(C(C)(C)C)ccn2)CC1(C)C. The third kappa shape index (κ3) is 9.81. The number of halogens is 2. The molecule has 2 unspecified atom stereocenters. The highest BCUT2D eigenvalue weighted by molar-refractivity contribution is 9.10. The molecule has 1 aliphatic rings. The molecule has 0 aliphatic carbocycles. The number of amides is 2. The number of nitrogens with one attached hydrogen (secondary N) is 2. The minimum Gasteiger partial charge on any atom is -0.444 e. The molecule has 2 atom stereocenters. The number of hydrogen-bond donors (Lipinski definition) is 2. The predicted octanol–water partition coefficient (Wildman–Crippen LogP) is 8.99. The molecule has 4 heterocycles. The Morgan fingerprint density at radius 2 is 1.87 bits per heavy atom. The zero-order valence-corrected chi connectivity index (χ0v) is 30.9. The lowest BCUT2D eigenvalue weighted by Gasteiger charge is -2.33. The van der Waals surface area contributed by atoms with Crippen molar-refractivity contribution in [3.8, 4) is 0 Å². The summed E-state index contributed by atoms with van der Waals surface area (Å²) in [5.74, 6) is 0.608. The van der Waals surface area contributed by atoms with Crippen LogP contribution in [0.2, 0.25) is 5.15 Å². The summed E-state index contributed by atoms with van der Waals surface area (Å²) in [5, 5.41) is 4.34. The summed E-state index contributed by atoms with van der Waals surface area (Å²) in [6.45, 7) is 17.1. The zero-order chi connectivity index (χ0) is 33.9. The fourth-order valence-corrected chi connectivity index (χ4v) is 6.74. The second-order valence-electron chi connectivity index (χ2n) is 14.3. The molecule has 3 aromatic heterocycles. The van der Waals surface area contributed by atoms with Crippen molar-refractivity contribution in [2.75, 3.05) is 11.9 Å². The van der Waals surface area contributed by atoms with E-state index in [4.69, 9.17) is 26.3 Å². The van der Waals surface area contributed by atoms with E-state index in [1.54, 1.807) is 12.1 Å². The van der Waals surface area contributed by atoms with Crippen molar-refractivity contribution >= 4 is 57.3 Å². The van der Waals surface area contributed by atoms with Crippen molar-refractivity contribution in [2.45, 2.75) is 102 Å². The topological polar surface area (TPSA) is 109 Å². The molecule has 3 aromatic rings. The monoisotopic (exact) mass is 730 g/mol. The van der Waals surface area contributed by atoms with Gasteiger partial charge in [-0.2, -0.15) is 0 Å². The van der Waals surface area contributed by atoms with Crippen LogP contribution in [0.4, 0.5) is 10.6 Å². The van der Waals surface area contributed by atoms with Gasteiger partial charge in [0.2, 0.25) is 0 Å². The first-order valence-electron chi connectivity index (χ1n) is 15.4. The molecule has 2 amide bonds. The average molecular weight is 732 g/mol. The molecule has 1 fully saturated rings. The summed E-state index contributed by atoms with van der Waals surface area (Å²) >= 11 is 10.5. The molecule has 2 N–H and O–H groups in total. The fourth-order valence-electron chi connectivity index (χ4n) is 5.49. The van der Waals surface area contributed by atoms with E-state index in [0.717, 1.165) is 36.9 Å². The van der Waals surface area contributed by atoms with E-state index in [1.807, 2.05) is 50.1 Å².